The van der Waals surface area contributed by atoms with Gasteiger partial charge in [-0.2, -0.15) is 0 Å². The molecule has 0 saturated heterocycles. The number of aryl methyl sites for hydroxylation is 1. The highest BCUT2D eigenvalue weighted by Gasteiger charge is 2.22. The van der Waals surface area contributed by atoms with Crippen LogP contribution in [0, 0.1) is 6.92 Å². The van der Waals surface area contributed by atoms with E-state index < -0.39 is 0 Å². The summed E-state index contributed by atoms with van der Waals surface area (Å²) in [7, 11) is 0. The highest BCUT2D eigenvalue weighted by molar-refractivity contribution is 7.98. The minimum absolute atomic E-state index is 0.914. The molecule has 4 rings (SSSR count). The van der Waals surface area contributed by atoms with Crippen LogP contribution in [0.3, 0.4) is 0 Å². The van der Waals surface area contributed by atoms with Crippen LogP contribution in [0.5, 0.6) is 0 Å². The van der Waals surface area contributed by atoms with Crippen molar-refractivity contribution in [2.45, 2.75) is 17.8 Å². The van der Waals surface area contributed by atoms with Gasteiger partial charge in [0.25, 0.3) is 0 Å². The third-order valence-electron chi connectivity index (χ3n) is 3.27. The number of hydrogen-bond acceptors (Lipinski definition) is 4. The van der Waals surface area contributed by atoms with Crippen LogP contribution in [0.15, 0.2) is 35.7 Å². The standard InChI is InChI=1S/C13H10N4S/c1-8-10-6-18-13-16-14-7-17(13)12(10)9-4-2-3-5-11(9)15-8/h2-5,7H,6H2,1H3. The molecule has 3 aromatic rings. The van der Waals surface area contributed by atoms with E-state index in [-0.39, 0.29) is 0 Å². The maximum Gasteiger partial charge on any atom is 0.195 e. The molecule has 0 radical (unpaired) electrons. The third kappa shape index (κ3) is 1.25. The lowest BCUT2D eigenvalue weighted by atomic mass is 10.1. The van der Waals surface area contributed by atoms with Crippen molar-refractivity contribution >= 4 is 22.7 Å². The quantitative estimate of drug-likeness (QED) is 0.618. The van der Waals surface area contributed by atoms with E-state index in [0.29, 0.717) is 0 Å². The van der Waals surface area contributed by atoms with Gasteiger partial charge in [-0.15, -0.1) is 10.2 Å². The van der Waals surface area contributed by atoms with E-state index in [1.54, 1.807) is 18.1 Å². The number of para-hydroxylation sites is 1. The topological polar surface area (TPSA) is 43.6 Å². The molecule has 0 unspecified atom stereocenters. The molecule has 5 heteroatoms. The molecule has 0 atom stereocenters. The molecule has 0 amide bonds. The Hall–Kier alpha value is -1.88. The summed E-state index contributed by atoms with van der Waals surface area (Å²) in [4.78, 5) is 4.68. The first-order valence-electron chi connectivity index (χ1n) is 5.76. The van der Waals surface area contributed by atoms with E-state index in [4.69, 9.17) is 0 Å². The Morgan fingerprint density at radius 2 is 2.17 bits per heavy atom. The third-order valence-corrected chi connectivity index (χ3v) is 4.24. The van der Waals surface area contributed by atoms with Crippen molar-refractivity contribution in [2.75, 3.05) is 0 Å². The largest absolute Gasteiger partial charge is 0.276 e. The first-order valence-corrected chi connectivity index (χ1v) is 6.74. The molecule has 88 valence electrons. The van der Waals surface area contributed by atoms with E-state index in [2.05, 4.69) is 32.7 Å². The van der Waals surface area contributed by atoms with Crippen LogP contribution in [0.4, 0.5) is 0 Å². The molecule has 0 aliphatic carbocycles. The normalized spacial score (nSPS) is 13.4. The Balaban J connectivity index is 2.20. The number of pyridine rings is 1. The van der Waals surface area contributed by atoms with Crippen LogP contribution in [-0.4, -0.2) is 19.7 Å². The van der Waals surface area contributed by atoms with Crippen molar-refractivity contribution in [3.05, 3.63) is 41.9 Å². The Labute approximate surface area is 108 Å². The van der Waals surface area contributed by atoms with E-state index >= 15 is 0 Å². The van der Waals surface area contributed by atoms with Crippen molar-refractivity contribution < 1.29 is 0 Å². The van der Waals surface area contributed by atoms with E-state index in [1.807, 2.05) is 18.2 Å². The summed E-state index contributed by atoms with van der Waals surface area (Å²) in [6.45, 7) is 2.07. The molecule has 0 N–H and O–H groups in total. The van der Waals surface area contributed by atoms with Crippen LogP contribution < -0.4 is 0 Å². The van der Waals surface area contributed by atoms with E-state index in [1.165, 1.54) is 16.6 Å². The van der Waals surface area contributed by atoms with Crippen LogP contribution >= 0.6 is 11.8 Å². The molecule has 1 aliphatic rings. The van der Waals surface area contributed by atoms with E-state index in [9.17, 15) is 0 Å². The summed E-state index contributed by atoms with van der Waals surface area (Å²) >= 11 is 1.71. The molecular formula is C13H10N4S. The van der Waals surface area contributed by atoms with Crippen molar-refractivity contribution in [2.24, 2.45) is 0 Å². The minimum atomic E-state index is 0.914. The fourth-order valence-corrected chi connectivity index (χ4v) is 3.42. The molecule has 0 bridgehead atoms. The average Bonchev–Trinajstić information content (AvgIpc) is 2.86. The molecule has 3 heterocycles. The van der Waals surface area contributed by atoms with Crippen molar-refractivity contribution in [1.82, 2.24) is 19.7 Å². The summed E-state index contributed by atoms with van der Waals surface area (Å²) in [5.41, 5.74) is 4.60. The molecule has 0 spiro atoms. The van der Waals surface area contributed by atoms with Crippen molar-refractivity contribution in [1.29, 1.82) is 0 Å². The lowest BCUT2D eigenvalue weighted by Crippen LogP contribution is -2.09. The highest BCUT2D eigenvalue weighted by Crippen LogP contribution is 2.37. The summed E-state index contributed by atoms with van der Waals surface area (Å²) in [6.07, 6.45) is 1.78. The summed E-state index contributed by atoms with van der Waals surface area (Å²) in [5, 5.41) is 10.3. The first kappa shape index (κ1) is 10.1. The number of hydrogen-bond donors (Lipinski definition) is 0. The van der Waals surface area contributed by atoms with Gasteiger partial charge in [-0.25, -0.2) is 0 Å². The predicted molar refractivity (Wildman–Crippen MR) is 71.0 cm³/mol. The number of nitrogens with zero attached hydrogens (tertiary/aromatic N) is 4. The molecule has 0 fully saturated rings. The van der Waals surface area contributed by atoms with Gasteiger partial charge in [0.05, 0.1) is 11.2 Å². The smallest absolute Gasteiger partial charge is 0.195 e. The second kappa shape index (κ2) is 3.55. The molecule has 2 aromatic heterocycles. The number of benzene rings is 1. The molecule has 1 aliphatic heterocycles. The highest BCUT2D eigenvalue weighted by atomic mass is 32.2. The van der Waals surface area contributed by atoms with E-state index in [0.717, 1.165) is 22.1 Å². The van der Waals surface area contributed by atoms with Crippen LogP contribution in [0.25, 0.3) is 16.6 Å². The fraction of sp³-hybridized carbons (Fsp3) is 0.154. The van der Waals surface area contributed by atoms with Gasteiger partial charge in [0, 0.05) is 22.4 Å². The first-order chi connectivity index (χ1) is 8.84. The zero-order valence-electron chi connectivity index (χ0n) is 9.79. The molecule has 0 saturated carbocycles. The van der Waals surface area contributed by atoms with Gasteiger partial charge in [-0.1, -0.05) is 30.0 Å². The second-order valence-corrected chi connectivity index (χ2v) is 5.26. The van der Waals surface area contributed by atoms with Crippen LogP contribution in [-0.2, 0) is 5.75 Å². The van der Waals surface area contributed by atoms with Gasteiger partial charge in [0.2, 0.25) is 0 Å². The van der Waals surface area contributed by atoms with Crippen LogP contribution in [0.1, 0.15) is 11.3 Å². The fourth-order valence-electron chi connectivity index (χ4n) is 2.41. The number of fused-ring (bicyclic) bond motifs is 5. The lowest BCUT2D eigenvalue weighted by molar-refractivity contribution is 0.863. The van der Waals surface area contributed by atoms with Gasteiger partial charge >= 0.3 is 0 Å². The van der Waals surface area contributed by atoms with Gasteiger partial charge in [0.1, 0.15) is 6.33 Å². The van der Waals surface area contributed by atoms with Gasteiger partial charge < -0.3 is 0 Å². The van der Waals surface area contributed by atoms with Crippen molar-refractivity contribution in [3.8, 4) is 5.69 Å². The second-order valence-electron chi connectivity index (χ2n) is 4.31. The molecular weight excluding hydrogens is 244 g/mol. The summed E-state index contributed by atoms with van der Waals surface area (Å²) < 4.78 is 2.07. The Bertz CT molecular complexity index is 763. The number of rotatable bonds is 0. The molecule has 4 nitrogen and oxygen atoms in total. The Morgan fingerprint density at radius 1 is 1.28 bits per heavy atom. The predicted octanol–water partition coefficient (Wildman–Crippen LogP) is 2.73. The van der Waals surface area contributed by atoms with Gasteiger partial charge in [-0.3, -0.25) is 9.55 Å². The Morgan fingerprint density at radius 3 is 3.11 bits per heavy atom. The zero-order chi connectivity index (χ0) is 12.1. The maximum atomic E-state index is 4.68. The number of thioether (sulfide) groups is 1. The maximum absolute atomic E-state index is 4.68. The number of aromatic nitrogens is 4. The van der Waals surface area contributed by atoms with Gasteiger partial charge in [-0.05, 0) is 13.0 Å². The zero-order valence-corrected chi connectivity index (χ0v) is 10.6. The Kier molecular flexibility index (Phi) is 1.99. The summed E-state index contributed by atoms with van der Waals surface area (Å²) in [6, 6.07) is 8.23. The van der Waals surface area contributed by atoms with Crippen molar-refractivity contribution in [3.63, 3.8) is 0 Å². The summed E-state index contributed by atoms with van der Waals surface area (Å²) in [5.74, 6) is 0.914. The van der Waals surface area contributed by atoms with Gasteiger partial charge in [0.15, 0.2) is 5.16 Å². The molecule has 1 aromatic carbocycles. The minimum Gasteiger partial charge on any atom is -0.276 e. The lowest BCUT2D eigenvalue weighted by Gasteiger charge is -2.20. The van der Waals surface area contributed by atoms with Crippen LogP contribution in [0.2, 0.25) is 0 Å². The monoisotopic (exact) mass is 254 g/mol. The SMILES string of the molecule is Cc1nc2ccccc2c2c1CSc1nncn1-2. The average molecular weight is 254 g/mol. The molecule has 18 heavy (non-hydrogen) atoms.